The first-order valence-corrected chi connectivity index (χ1v) is 7.04. The Balaban J connectivity index is 2.24. The van der Waals surface area contributed by atoms with Gasteiger partial charge in [-0.2, -0.15) is 13.2 Å². The minimum atomic E-state index is -4.57. The molecular weight excluding hydrogens is 307 g/mol. The molecule has 0 radical (unpaired) electrons. The molecule has 1 aromatic carbocycles. The van der Waals surface area contributed by atoms with Crippen LogP contribution in [0, 0.1) is 0 Å². The summed E-state index contributed by atoms with van der Waals surface area (Å²) in [6.07, 6.45) is -3.61. The van der Waals surface area contributed by atoms with Gasteiger partial charge in [0.15, 0.2) is 0 Å². The number of ether oxygens (including phenoxy) is 1. The number of carbonyl (C=O) groups excluding carboxylic acids is 1. The summed E-state index contributed by atoms with van der Waals surface area (Å²) in [7, 11) is 0. The number of benzene rings is 1. The highest BCUT2D eigenvalue weighted by Gasteiger charge is 2.38. The molecule has 0 aliphatic carbocycles. The van der Waals surface area contributed by atoms with E-state index in [4.69, 9.17) is 16.3 Å². The van der Waals surface area contributed by atoms with Crippen LogP contribution in [-0.2, 0) is 10.9 Å². The summed E-state index contributed by atoms with van der Waals surface area (Å²) in [6.45, 7) is 0.849. The van der Waals surface area contributed by atoms with Crippen molar-refractivity contribution in [2.75, 3.05) is 19.1 Å². The van der Waals surface area contributed by atoms with Crippen molar-refractivity contribution in [3.05, 3.63) is 35.4 Å². The summed E-state index contributed by atoms with van der Waals surface area (Å²) in [5, 5.41) is 2.66. The fraction of sp³-hybridized carbons (Fsp3) is 0.500. The molecule has 116 valence electrons. The molecule has 7 heteroatoms. The van der Waals surface area contributed by atoms with Gasteiger partial charge in [0, 0.05) is 19.1 Å². The summed E-state index contributed by atoms with van der Waals surface area (Å²) in [6, 6.07) is 4.72. The van der Waals surface area contributed by atoms with Crippen LogP contribution in [0.4, 0.5) is 13.2 Å². The van der Waals surface area contributed by atoms with Crippen LogP contribution < -0.4 is 5.32 Å². The number of alkyl halides is 4. The number of halogens is 4. The van der Waals surface area contributed by atoms with E-state index in [1.165, 1.54) is 18.2 Å². The predicted molar refractivity (Wildman–Crippen MR) is 72.4 cm³/mol. The average Bonchev–Trinajstić information content (AvgIpc) is 2.47. The number of amides is 1. The molecule has 21 heavy (non-hydrogen) atoms. The molecule has 0 aromatic heterocycles. The molecule has 1 fully saturated rings. The Morgan fingerprint density at radius 1 is 1.29 bits per heavy atom. The molecule has 1 amide bonds. The summed E-state index contributed by atoms with van der Waals surface area (Å²) in [4.78, 5) is 12.2. The summed E-state index contributed by atoms with van der Waals surface area (Å²) >= 11 is 5.91. The third-order valence-corrected chi connectivity index (χ3v) is 4.07. The first-order chi connectivity index (χ1) is 9.88. The fourth-order valence-corrected chi connectivity index (χ4v) is 2.62. The Hall–Kier alpha value is -1.27. The number of carbonyl (C=O) groups is 1. The number of hydrogen-bond donors (Lipinski definition) is 1. The quantitative estimate of drug-likeness (QED) is 0.868. The van der Waals surface area contributed by atoms with Gasteiger partial charge < -0.3 is 10.1 Å². The van der Waals surface area contributed by atoms with Gasteiger partial charge in [-0.3, -0.25) is 4.79 Å². The second-order valence-electron chi connectivity index (χ2n) is 5.02. The molecule has 0 bridgehead atoms. The average molecular weight is 322 g/mol. The van der Waals surface area contributed by atoms with Gasteiger partial charge in [0.2, 0.25) is 0 Å². The highest BCUT2D eigenvalue weighted by molar-refractivity contribution is 6.19. The number of rotatable bonds is 3. The Bertz CT molecular complexity index is 513. The van der Waals surface area contributed by atoms with Gasteiger partial charge in [0.05, 0.1) is 16.7 Å². The fourth-order valence-electron chi connectivity index (χ4n) is 2.29. The topological polar surface area (TPSA) is 38.3 Å². The molecule has 0 atom stereocenters. The lowest BCUT2D eigenvalue weighted by Crippen LogP contribution is -2.53. The maximum atomic E-state index is 12.9. The van der Waals surface area contributed by atoms with Crippen LogP contribution in [0.3, 0.4) is 0 Å². The second kappa shape index (κ2) is 6.23. The Morgan fingerprint density at radius 3 is 2.48 bits per heavy atom. The Morgan fingerprint density at radius 2 is 1.90 bits per heavy atom. The van der Waals surface area contributed by atoms with Gasteiger partial charge >= 0.3 is 6.18 Å². The normalized spacial score (nSPS) is 18.3. The van der Waals surface area contributed by atoms with Crippen molar-refractivity contribution in [1.29, 1.82) is 0 Å². The summed E-state index contributed by atoms with van der Waals surface area (Å²) < 4.78 is 44.0. The lowest BCUT2D eigenvalue weighted by Gasteiger charge is -2.36. The van der Waals surface area contributed by atoms with Crippen LogP contribution >= 0.6 is 11.6 Å². The predicted octanol–water partition coefficient (Wildman–Crippen LogP) is 3.22. The first kappa shape index (κ1) is 16.1. The van der Waals surface area contributed by atoms with Crippen molar-refractivity contribution >= 4 is 17.5 Å². The van der Waals surface area contributed by atoms with E-state index in [-0.39, 0.29) is 11.4 Å². The van der Waals surface area contributed by atoms with Gasteiger partial charge in [0.25, 0.3) is 5.91 Å². The number of nitrogens with one attached hydrogen (secondary N) is 1. The SMILES string of the molecule is O=C(NC1(CCl)CCOCC1)c1ccccc1C(F)(F)F. The molecule has 1 heterocycles. The van der Waals surface area contributed by atoms with Crippen LogP contribution in [0.1, 0.15) is 28.8 Å². The van der Waals surface area contributed by atoms with Crippen molar-refractivity contribution in [3.8, 4) is 0 Å². The highest BCUT2D eigenvalue weighted by atomic mass is 35.5. The van der Waals surface area contributed by atoms with E-state index in [0.717, 1.165) is 6.07 Å². The lowest BCUT2D eigenvalue weighted by molar-refractivity contribution is -0.138. The van der Waals surface area contributed by atoms with Crippen LogP contribution in [-0.4, -0.2) is 30.5 Å². The first-order valence-electron chi connectivity index (χ1n) is 6.50. The third kappa shape index (κ3) is 3.68. The Labute approximate surface area is 125 Å². The summed E-state index contributed by atoms with van der Waals surface area (Å²) in [5.74, 6) is -0.624. The highest BCUT2D eigenvalue weighted by Crippen LogP contribution is 2.32. The van der Waals surface area contributed by atoms with Gasteiger partial charge in [-0.15, -0.1) is 11.6 Å². The van der Waals surface area contributed by atoms with E-state index in [0.29, 0.717) is 26.1 Å². The molecule has 3 nitrogen and oxygen atoms in total. The van der Waals surface area contributed by atoms with Crippen LogP contribution in [0.25, 0.3) is 0 Å². The molecule has 1 aliphatic heterocycles. The smallest absolute Gasteiger partial charge is 0.381 e. The van der Waals surface area contributed by atoms with E-state index < -0.39 is 23.2 Å². The molecule has 2 rings (SSSR count). The molecule has 0 spiro atoms. The van der Waals surface area contributed by atoms with E-state index in [2.05, 4.69) is 5.32 Å². The zero-order valence-electron chi connectivity index (χ0n) is 11.2. The van der Waals surface area contributed by atoms with Crippen LogP contribution in [0.5, 0.6) is 0 Å². The van der Waals surface area contributed by atoms with E-state index >= 15 is 0 Å². The molecule has 1 N–H and O–H groups in total. The largest absolute Gasteiger partial charge is 0.417 e. The van der Waals surface area contributed by atoms with Crippen molar-refractivity contribution in [2.45, 2.75) is 24.6 Å². The zero-order valence-corrected chi connectivity index (χ0v) is 11.9. The van der Waals surface area contributed by atoms with E-state index in [1.54, 1.807) is 0 Å². The maximum absolute atomic E-state index is 12.9. The van der Waals surface area contributed by atoms with Crippen molar-refractivity contribution in [1.82, 2.24) is 5.32 Å². The summed E-state index contributed by atoms with van der Waals surface area (Å²) in [5.41, 5.74) is -2.05. The van der Waals surface area contributed by atoms with Gasteiger partial charge in [-0.25, -0.2) is 0 Å². The van der Waals surface area contributed by atoms with E-state index in [1.807, 2.05) is 0 Å². The van der Waals surface area contributed by atoms with Crippen molar-refractivity contribution < 1.29 is 22.7 Å². The molecule has 1 saturated heterocycles. The Kier molecular flexibility index (Phi) is 4.78. The zero-order chi connectivity index (χ0) is 15.5. The molecular formula is C14H15ClF3NO2. The van der Waals surface area contributed by atoms with Gasteiger partial charge in [-0.05, 0) is 25.0 Å². The third-order valence-electron chi connectivity index (χ3n) is 3.56. The van der Waals surface area contributed by atoms with Gasteiger partial charge in [-0.1, -0.05) is 12.1 Å². The molecule has 1 aliphatic rings. The van der Waals surface area contributed by atoms with Crippen LogP contribution in [0.2, 0.25) is 0 Å². The van der Waals surface area contributed by atoms with E-state index in [9.17, 15) is 18.0 Å². The molecule has 1 aromatic rings. The minimum absolute atomic E-state index is 0.135. The molecule has 0 saturated carbocycles. The molecule has 0 unspecified atom stereocenters. The van der Waals surface area contributed by atoms with Crippen molar-refractivity contribution in [2.24, 2.45) is 0 Å². The van der Waals surface area contributed by atoms with Crippen LogP contribution in [0.15, 0.2) is 24.3 Å². The van der Waals surface area contributed by atoms with Gasteiger partial charge in [0.1, 0.15) is 0 Å². The monoisotopic (exact) mass is 321 g/mol. The maximum Gasteiger partial charge on any atom is 0.417 e. The number of hydrogen-bond acceptors (Lipinski definition) is 2. The minimum Gasteiger partial charge on any atom is -0.381 e. The lowest BCUT2D eigenvalue weighted by atomic mass is 9.91. The second-order valence-corrected chi connectivity index (χ2v) is 5.29. The standard InChI is InChI=1S/C14H15ClF3NO2/c15-9-13(5-7-21-8-6-13)19-12(20)10-3-1-2-4-11(10)14(16,17)18/h1-4H,5-9H2,(H,19,20). The van der Waals surface area contributed by atoms with Crippen molar-refractivity contribution in [3.63, 3.8) is 0 Å².